The Bertz CT molecular complexity index is 958. The highest BCUT2D eigenvalue weighted by atomic mass is 16.6. The lowest BCUT2D eigenvalue weighted by Gasteiger charge is -2.18. The molecule has 0 saturated heterocycles. The first-order valence-electron chi connectivity index (χ1n) is 9.53. The molecule has 6 nitrogen and oxygen atoms in total. The number of hydrogen-bond donors (Lipinski definition) is 2. The molecule has 0 aromatic heterocycles. The fraction of sp³-hybridized carbons (Fsp3) is 0.174. The van der Waals surface area contributed by atoms with Gasteiger partial charge in [0.15, 0.2) is 11.5 Å². The Morgan fingerprint density at radius 2 is 1.59 bits per heavy atom. The number of nitrogens with one attached hydrogen (secondary N) is 2. The number of fused-ring (bicyclic) bond motifs is 1. The largest absolute Gasteiger partial charge is 0.486 e. The van der Waals surface area contributed by atoms with E-state index in [2.05, 4.69) is 10.6 Å². The molecule has 0 spiro atoms. The van der Waals surface area contributed by atoms with E-state index < -0.39 is 0 Å². The third-order valence-electron chi connectivity index (χ3n) is 4.40. The van der Waals surface area contributed by atoms with Crippen LogP contribution in [0.15, 0.2) is 72.8 Å². The van der Waals surface area contributed by atoms with Crippen LogP contribution in [0.5, 0.6) is 23.0 Å². The van der Waals surface area contributed by atoms with Gasteiger partial charge in [-0.2, -0.15) is 0 Å². The Morgan fingerprint density at radius 1 is 0.862 bits per heavy atom. The molecule has 0 aliphatic carbocycles. The van der Waals surface area contributed by atoms with Crippen molar-refractivity contribution in [1.82, 2.24) is 5.32 Å². The van der Waals surface area contributed by atoms with Gasteiger partial charge in [0.1, 0.15) is 24.7 Å². The molecular formula is C23H22N2O4. The Morgan fingerprint density at radius 3 is 2.38 bits per heavy atom. The van der Waals surface area contributed by atoms with Crippen molar-refractivity contribution in [2.75, 3.05) is 25.1 Å². The van der Waals surface area contributed by atoms with Crippen LogP contribution < -0.4 is 24.8 Å². The third-order valence-corrected chi connectivity index (χ3v) is 4.40. The minimum Gasteiger partial charge on any atom is -0.486 e. The average molecular weight is 390 g/mol. The van der Waals surface area contributed by atoms with Crippen molar-refractivity contribution >= 4 is 11.7 Å². The molecular weight excluding hydrogens is 368 g/mol. The van der Waals surface area contributed by atoms with Crippen LogP contribution in [0.3, 0.4) is 0 Å². The zero-order valence-corrected chi connectivity index (χ0v) is 15.9. The number of amides is 2. The topological polar surface area (TPSA) is 68.8 Å². The molecule has 3 aromatic rings. The maximum atomic E-state index is 12.1. The summed E-state index contributed by atoms with van der Waals surface area (Å²) in [5.41, 5.74) is 1.78. The molecule has 1 aliphatic heterocycles. The van der Waals surface area contributed by atoms with Crippen LogP contribution in [0.25, 0.3) is 0 Å². The van der Waals surface area contributed by atoms with Crippen LogP contribution in [0.2, 0.25) is 0 Å². The second-order valence-corrected chi connectivity index (χ2v) is 6.55. The summed E-state index contributed by atoms with van der Waals surface area (Å²) in [6.45, 7) is 1.65. The van der Waals surface area contributed by atoms with Crippen LogP contribution >= 0.6 is 0 Å². The number of anilines is 1. The van der Waals surface area contributed by atoms with E-state index in [0.717, 1.165) is 22.8 Å². The highest BCUT2D eigenvalue weighted by Gasteiger charge is 2.11. The molecule has 2 amide bonds. The monoisotopic (exact) mass is 390 g/mol. The number of hydrogen-bond acceptors (Lipinski definition) is 4. The van der Waals surface area contributed by atoms with E-state index in [1.807, 2.05) is 60.7 Å². The molecule has 0 unspecified atom stereocenters. The summed E-state index contributed by atoms with van der Waals surface area (Å²) in [4.78, 5) is 12.1. The second-order valence-electron chi connectivity index (χ2n) is 6.55. The molecule has 3 aromatic carbocycles. The normalized spacial score (nSPS) is 12.1. The van der Waals surface area contributed by atoms with E-state index in [1.54, 1.807) is 12.1 Å². The van der Waals surface area contributed by atoms with Gasteiger partial charge in [0.2, 0.25) is 0 Å². The maximum Gasteiger partial charge on any atom is 0.319 e. The molecule has 1 heterocycles. The van der Waals surface area contributed by atoms with E-state index in [-0.39, 0.29) is 6.03 Å². The fourth-order valence-electron chi connectivity index (χ4n) is 2.97. The smallest absolute Gasteiger partial charge is 0.319 e. The summed E-state index contributed by atoms with van der Waals surface area (Å²) < 4.78 is 16.8. The van der Waals surface area contributed by atoms with Gasteiger partial charge in [-0.1, -0.05) is 24.3 Å². The van der Waals surface area contributed by atoms with E-state index in [0.29, 0.717) is 37.6 Å². The Labute approximate surface area is 169 Å². The van der Waals surface area contributed by atoms with Crippen LogP contribution in [-0.4, -0.2) is 25.8 Å². The number of para-hydroxylation sites is 1. The van der Waals surface area contributed by atoms with Crippen molar-refractivity contribution in [3.63, 3.8) is 0 Å². The average Bonchev–Trinajstić information content (AvgIpc) is 2.76. The number of ether oxygens (including phenoxy) is 3. The Balaban J connectivity index is 1.23. The summed E-state index contributed by atoms with van der Waals surface area (Å²) in [5, 5.41) is 5.68. The number of carbonyl (C=O) groups excluding carboxylic acids is 1. The molecule has 0 atom stereocenters. The molecule has 1 aliphatic rings. The lowest BCUT2D eigenvalue weighted by molar-refractivity contribution is 0.171. The van der Waals surface area contributed by atoms with E-state index in [4.69, 9.17) is 14.2 Å². The lowest BCUT2D eigenvalue weighted by atomic mass is 10.1. The first-order valence-corrected chi connectivity index (χ1v) is 9.53. The Hall–Kier alpha value is -3.67. The lowest BCUT2D eigenvalue weighted by Crippen LogP contribution is -2.30. The van der Waals surface area contributed by atoms with Crippen molar-refractivity contribution < 1.29 is 19.0 Å². The molecule has 0 saturated carbocycles. The van der Waals surface area contributed by atoms with Gasteiger partial charge in [0, 0.05) is 12.2 Å². The first-order chi connectivity index (χ1) is 14.3. The number of urea groups is 1. The molecule has 4 rings (SSSR count). The first kappa shape index (κ1) is 18.7. The van der Waals surface area contributed by atoms with Crippen molar-refractivity contribution in [1.29, 1.82) is 0 Å². The van der Waals surface area contributed by atoms with Crippen molar-refractivity contribution in [2.24, 2.45) is 0 Å². The SMILES string of the molecule is O=C(NCCc1ccc2c(c1)OCCO2)Nc1ccc(Oc2ccccc2)cc1. The van der Waals surface area contributed by atoms with Gasteiger partial charge in [0.05, 0.1) is 0 Å². The van der Waals surface area contributed by atoms with Crippen molar-refractivity contribution in [3.05, 3.63) is 78.4 Å². The van der Waals surface area contributed by atoms with E-state index in [1.165, 1.54) is 0 Å². The number of benzene rings is 3. The van der Waals surface area contributed by atoms with Crippen molar-refractivity contribution in [3.8, 4) is 23.0 Å². The predicted octanol–water partition coefficient (Wildman–Crippen LogP) is 4.61. The van der Waals surface area contributed by atoms with Gasteiger partial charge in [0.25, 0.3) is 0 Å². The van der Waals surface area contributed by atoms with Crippen LogP contribution in [0, 0.1) is 0 Å². The van der Waals surface area contributed by atoms with Gasteiger partial charge in [-0.15, -0.1) is 0 Å². The molecule has 0 bridgehead atoms. The molecule has 29 heavy (non-hydrogen) atoms. The zero-order chi connectivity index (χ0) is 19.9. The van der Waals surface area contributed by atoms with Gasteiger partial charge in [-0.05, 0) is 60.5 Å². The van der Waals surface area contributed by atoms with E-state index >= 15 is 0 Å². The summed E-state index contributed by atoms with van der Waals surface area (Å²) >= 11 is 0. The van der Waals surface area contributed by atoms with Gasteiger partial charge in [-0.25, -0.2) is 4.79 Å². The maximum absolute atomic E-state index is 12.1. The van der Waals surface area contributed by atoms with Crippen LogP contribution in [0.1, 0.15) is 5.56 Å². The standard InChI is InChI=1S/C23H22N2O4/c26-23(24-13-12-17-6-11-21-22(16-17)28-15-14-27-21)25-18-7-9-20(10-8-18)29-19-4-2-1-3-5-19/h1-11,16H,12-15H2,(H2,24,25,26). The number of rotatable bonds is 6. The van der Waals surface area contributed by atoms with Gasteiger partial charge >= 0.3 is 6.03 Å². The minimum atomic E-state index is -0.251. The molecule has 0 fully saturated rings. The molecule has 148 valence electrons. The summed E-state index contributed by atoms with van der Waals surface area (Å²) in [6, 6.07) is 22.4. The van der Waals surface area contributed by atoms with Gasteiger partial charge < -0.3 is 24.8 Å². The highest BCUT2D eigenvalue weighted by Crippen LogP contribution is 2.30. The third kappa shape index (κ3) is 5.19. The second kappa shape index (κ2) is 9.01. The molecule has 2 N–H and O–H groups in total. The summed E-state index contributed by atoms with van der Waals surface area (Å²) in [7, 11) is 0. The zero-order valence-electron chi connectivity index (χ0n) is 15.9. The molecule has 6 heteroatoms. The van der Waals surface area contributed by atoms with Crippen LogP contribution in [-0.2, 0) is 6.42 Å². The quantitative estimate of drug-likeness (QED) is 0.645. The summed E-state index contributed by atoms with van der Waals surface area (Å²) in [5.74, 6) is 3.01. The summed E-state index contributed by atoms with van der Waals surface area (Å²) in [6.07, 6.45) is 0.702. The Kier molecular flexibility index (Phi) is 5.81. The van der Waals surface area contributed by atoms with Gasteiger partial charge in [-0.3, -0.25) is 0 Å². The van der Waals surface area contributed by atoms with Crippen molar-refractivity contribution in [2.45, 2.75) is 6.42 Å². The fourth-order valence-corrected chi connectivity index (χ4v) is 2.97. The predicted molar refractivity (Wildman–Crippen MR) is 111 cm³/mol. The highest BCUT2D eigenvalue weighted by molar-refractivity contribution is 5.89. The van der Waals surface area contributed by atoms with Crippen LogP contribution in [0.4, 0.5) is 10.5 Å². The molecule has 0 radical (unpaired) electrons. The minimum absolute atomic E-state index is 0.251. The van der Waals surface area contributed by atoms with E-state index in [9.17, 15) is 4.79 Å². The number of carbonyl (C=O) groups is 1.